The van der Waals surface area contributed by atoms with Crippen molar-refractivity contribution in [1.82, 2.24) is 9.71 Å². The van der Waals surface area contributed by atoms with Crippen LogP contribution < -0.4 is 10.0 Å². The van der Waals surface area contributed by atoms with Gasteiger partial charge in [0.25, 0.3) is 0 Å². The Morgan fingerprint density at radius 1 is 1.07 bits per heavy atom. The number of fused-ring (bicyclic) bond motifs is 1. The summed E-state index contributed by atoms with van der Waals surface area (Å²) in [6, 6.07) is 17.3. The molecule has 6 heteroatoms. The molecule has 0 radical (unpaired) electrons. The molecule has 1 aromatic heterocycles. The summed E-state index contributed by atoms with van der Waals surface area (Å²) < 4.78 is 27.2. The van der Waals surface area contributed by atoms with Crippen molar-refractivity contribution in [3.8, 4) is 0 Å². The van der Waals surface area contributed by atoms with Gasteiger partial charge in [-0.2, -0.15) is 0 Å². The standard InChI is InChI=1S/C21H23N3O2S/c1-2-16-13-21(19-5-3-4-6-20(19)23-16)22-14-15-7-11-18(12-8-15)27(25,26)24-17-9-10-17/h3-8,11-13,17,24H,2,9-10,14H2,1H3,(H,22,23). The average molecular weight is 382 g/mol. The van der Waals surface area contributed by atoms with Crippen molar-refractivity contribution in [3.05, 3.63) is 65.9 Å². The number of nitrogens with zero attached hydrogens (tertiary/aromatic N) is 1. The first kappa shape index (κ1) is 17.9. The van der Waals surface area contributed by atoms with Crippen LogP contribution in [0.1, 0.15) is 31.0 Å². The largest absolute Gasteiger partial charge is 0.380 e. The highest BCUT2D eigenvalue weighted by Gasteiger charge is 2.27. The second-order valence-corrected chi connectivity index (χ2v) is 8.64. The summed E-state index contributed by atoms with van der Waals surface area (Å²) in [4.78, 5) is 4.98. The number of anilines is 1. The number of nitrogens with one attached hydrogen (secondary N) is 2. The van der Waals surface area contributed by atoms with E-state index in [2.05, 4.69) is 34.1 Å². The van der Waals surface area contributed by atoms with Crippen molar-refractivity contribution in [2.24, 2.45) is 0 Å². The van der Waals surface area contributed by atoms with Gasteiger partial charge in [-0.25, -0.2) is 13.1 Å². The molecule has 0 aliphatic heterocycles. The molecule has 0 unspecified atom stereocenters. The van der Waals surface area contributed by atoms with E-state index >= 15 is 0 Å². The van der Waals surface area contributed by atoms with Crippen LogP contribution in [0, 0.1) is 0 Å². The van der Waals surface area contributed by atoms with E-state index in [9.17, 15) is 8.42 Å². The zero-order chi connectivity index (χ0) is 18.9. The number of pyridine rings is 1. The van der Waals surface area contributed by atoms with Gasteiger partial charge in [0, 0.05) is 29.4 Å². The van der Waals surface area contributed by atoms with Gasteiger partial charge in [0.1, 0.15) is 0 Å². The SMILES string of the molecule is CCc1cc(NCc2ccc(S(=O)(=O)NC3CC3)cc2)c2ccccc2n1. The van der Waals surface area contributed by atoms with E-state index in [1.807, 2.05) is 30.3 Å². The third kappa shape index (κ3) is 4.12. The molecule has 2 aromatic carbocycles. The Labute approximate surface area is 159 Å². The Kier molecular flexibility index (Phi) is 4.85. The molecule has 1 heterocycles. The predicted molar refractivity (Wildman–Crippen MR) is 108 cm³/mol. The van der Waals surface area contributed by atoms with Crippen LogP contribution in [0.15, 0.2) is 59.5 Å². The molecule has 1 aliphatic carbocycles. The molecule has 5 nitrogen and oxygen atoms in total. The van der Waals surface area contributed by atoms with Crippen LogP contribution in [-0.4, -0.2) is 19.4 Å². The van der Waals surface area contributed by atoms with Crippen molar-refractivity contribution >= 4 is 26.6 Å². The van der Waals surface area contributed by atoms with Gasteiger partial charge in [-0.15, -0.1) is 0 Å². The van der Waals surface area contributed by atoms with Gasteiger partial charge in [0.15, 0.2) is 0 Å². The third-order valence-electron chi connectivity index (χ3n) is 4.75. The summed E-state index contributed by atoms with van der Waals surface area (Å²) in [5.74, 6) is 0. The Balaban J connectivity index is 1.51. The maximum absolute atomic E-state index is 12.3. The van der Waals surface area contributed by atoms with Gasteiger partial charge >= 0.3 is 0 Å². The quantitative estimate of drug-likeness (QED) is 0.652. The average Bonchev–Trinajstić information content (AvgIpc) is 3.49. The van der Waals surface area contributed by atoms with Crippen LogP contribution in [0.3, 0.4) is 0 Å². The minimum absolute atomic E-state index is 0.115. The molecule has 27 heavy (non-hydrogen) atoms. The number of hydrogen-bond acceptors (Lipinski definition) is 4. The lowest BCUT2D eigenvalue weighted by molar-refractivity contribution is 0.581. The minimum Gasteiger partial charge on any atom is -0.380 e. The first-order valence-corrected chi connectivity index (χ1v) is 10.8. The van der Waals surface area contributed by atoms with Crippen LogP contribution in [0.25, 0.3) is 10.9 Å². The summed E-state index contributed by atoms with van der Waals surface area (Å²) in [6.07, 6.45) is 2.74. The van der Waals surface area contributed by atoms with E-state index in [4.69, 9.17) is 0 Å². The van der Waals surface area contributed by atoms with Gasteiger partial charge in [-0.3, -0.25) is 4.98 Å². The molecule has 0 saturated heterocycles. The summed E-state index contributed by atoms with van der Waals surface area (Å²) in [7, 11) is -3.40. The monoisotopic (exact) mass is 381 g/mol. The summed E-state index contributed by atoms with van der Waals surface area (Å²) in [6.45, 7) is 2.71. The molecule has 0 spiro atoms. The van der Waals surface area contributed by atoms with Crippen molar-refractivity contribution in [1.29, 1.82) is 0 Å². The van der Waals surface area contributed by atoms with E-state index < -0.39 is 10.0 Å². The van der Waals surface area contributed by atoms with Gasteiger partial charge < -0.3 is 5.32 Å². The normalized spacial score (nSPS) is 14.4. The lowest BCUT2D eigenvalue weighted by Gasteiger charge is -2.12. The topological polar surface area (TPSA) is 71.1 Å². The number of rotatable bonds is 7. The number of para-hydroxylation sites is 1. The summed E-state index contributed by atoms with van der Waals surface area (Å²) in [5, 5.41) is 4.56. The molecule has 3 aromatic rings. The molecule has 2 N–H and O–H groups in total. The number of benzene rings is 2. The van der Waals surface area contributed by atoms with Gasteiger partial charge in [0.05, 0.1) is 10.4 Å². The van der Waals surface area contributed by atoms with Crippen LogP contribution in [0.5, 0.6) is 0 Å². The van der Waals surface area contributed by atoms with Crippen molar-refractivity contribution in [3.63, 3.8) is 0 Å². The fraction of sp³-hybridized carbons (Fsp3) is 0.286. The molecule has 0 atom stereocenters. The number of aryl methyl sites for hydroxylation is 1. The van der Waals surface area contributed by atoms with Gasteiger partial charge in [0.2, 0.25) is 10.0 Å². The molecule has 0 amide bonds. The second kappa shape index (κ2) is 7.29. The number of aromatic nitrogens is 1. The van der Waals surface area contributed by atoms with E-state index in [-0.39, 0.29) is 6.04 Å². The van der Waals surface area contributed by atoms with Crippen molar-refractivity contribution < 1.29 is 8.42 Å². The number of sulfonamides is 1. The first-order valence-electron chi connectivity index (χ1n) is 9.29. The fourth-order valence-corrected chi connectivity index (χ4v) is 4.34. The number of hydrogen-bond donors (Lipinski definition) is 2. The van der Waals surface area contributed by atoms with Gasteiger partial charge in [-0.1, -0.05) is 37.3 Å². The molecule has 1 aliphatic rings. The maximum Gasteiger partial charge on any atom is 0.240 e. The van der Waals surface area contributed by atoms with E-state index in [1.54, 1.807) is 12.1 Å². The molecule has 1 saturated carbocycles. The Bertz CT molecular complexity index is 1060. The fourth-order valence-electron chi connectivity index (χ4n) is 3.03. The van der Waals surface area contributed by atoms with E-state index in [1.165, 1.54) is 0 Å². The lowest BCUT2D eigenvalue weighted by atomic mass is 10.1. The molecular formula is C21H23N3O2S. The van der Waals surface area contributed by atoms with E-state index in [0.717, 1.165) is 47.1 Å². The van der Waals surface area contributed by atoms with E-state index in [0.29, 0.717) is 11.4 Å². The smallest absolute Gasteiger partial charge is 0.240 e. The lowest BCUT2D eigenvalue weighted by Crippen LogP contribution is -2.25. The summed E-state index contributed by atoms with van der Waals surface area (Å²) in [5.41, 5.74) is 4.10. The van der Waals surface area contributed by atoms with Crippen LogP contribution in [-0.2, 0) is 23.0 Å². The maximum atomic E-state index is 12.3. The highest BCUT2D eigenvalue weighted by Crippen LogP contribution is 2.25. The minimum atomic E-state index is -3.40. The zero-order valence-electron chi connectivity index (χ0n) is 15.3. The molecular weight excluding hydrogens is 358 g/mol. The van der Waals surface area contributed by atoms with Crippen LogP contribution in [0.4, 0.5) is 5.69 Å². The second-order valence-electron chi connectivity index (χ2n) is 6.92. The van der Waals surface area contributed by atoms with Gasteiger partial charge in [-0.05, 0) is 49.1 Å². The Morgan fingerprint density at radius 3 is 2.52 bits per heavy atom. The summed E-state index contributed by atoms with van der Waals surface area (Å²) >= 11 is 0. The van der Waals surface area contributed by atoms with Crippen molar-refractivity contribution in [2.75, 3.05) is 5.32 Å². The zero-order valence-corrected chi connectivity index (χ0v) is 16.1. The highest BCUT2D eigenvalue weighted by atomic mass is 32.2. The van der Waals surface area contributed by atoms with Crippen LogP contribution in [0.2, 0.25) is 0 Å². The predicted octanol–water partition coefficient (Wildman–Crippen LogP) is 3.85. The third-order valence-corrected chi connectivity index (χ3v) is 6.28. The first-order chi connectivity index (χ1) is 13.0. The molecule has 0 bridgehead atoms. The molecule has 4 rings (SSSR count). The highest BCUT2D eigenvalue weighted by molar-refractivity contribution is 7.89. The van der Waals surface area contributed by atoms with Crippen molar-refractivity contribution in [2.45, 2.75) is 43.7 Å². The Hall–Kier alpha value is -2.44. The Morgan fingerprint density at radius 2 is 1.81 bits per heavy atom. The van der Waals surface area contributed by atoms with Crippen LogP contribution >= 0.6 is 0 Å². The molecule has 140 valence electrons. The molecule has 1 fully saturated rings.